The second-order valence-corrected chi connectivity index (χ2v) is 5.75. The molecular formula is C13H9F2N3O2S. The lowest BCUT2D eigenvalue weighted by Gasteiger charge is -2.10. The molecule has 5 nitrogen and oxygen atoms in total. The van der Waals surface area contributed by atoms with Crippen LogP contribution in [-0.4, -0.2) is 8.42 Å². The molecule has 21 heavy (non-hydrogen) atoms. The van der Waals surface area contributed by atoms with E-state index >= 15 is 0 Å². The molecule has 0 aliphatic carbocycles. The Morgan fingerprint density at radius 3 is 2.43 bits per heavy atom. The van der Waals surface area contributed by atoms with Crippen molar-refractivity contribution in [3.63, 3.8) is 0 Å². The first-order valence-electron chi connectivity index (χ1n) is 5.61. The summed E-state index contributed by atoms with van der Waals surface area (Å²) in [4.78, 5) is -0.302. The summed E-state index contributed by atoms with van der Waals surface area (Å²) in [7, 11) is -4.12. The van der Waals surface area contributed by atoms with Crippen molar-refractivity contribution in [2.24, 2.45) is 0 Å². The van der Waals surface area contributed by atoms with Gasteiger partial charge in [-0.05, 0) is 30.3 Å². The number of nitrogens with zero attached hydrogens (tertiary/aromatic N) is 1. The van der Waals surface area contributed by atoms with Crippen molar-refractivity contribution in [1.29, 1.82) is 5.26 Å². The quantitative estimate of drug-likeness (QED) is 0.850. The maximum atomic E-state index is 13.1. The molecule has 0 radical (unpaired) electrons. The first-order valence-corrected chi connectivity index (χ1v) is 7.09. The number of halogens is 2. The molecule has 0 saturated heterocycles. The summed E-state index contributed by atoms with van der Waals surface area (Å²) in [6, 6.07) is 7.97. The van der Waals surface area contributed by atoms with Gasteiger partial charge in [-0.25, -0.2) is 17.2 Å². The van der Waals surface area contributed by atoms with Gasteiger partial charge in [0.1, 0.15) is 11.0 Å². The van der Waals surface area contributed by atoms with Gasteiger partial charge in [0.15, 0.2) is 11.6 Å². The number of hydrogen-bond acceptors (Lipinski definition) is 4. The minimum absolute atomic E-state index is 0.148. The highest BCUT2D eigenvalue weighted by Gasteiger charge is 2.19. The van der Waals surface area contributed by atoms with Crippen molar-refractivity contribution in [2.45, 2.75) is 4.90 Å². The van der Waals surface area contributed by atoms with Gasteiger partial charge in [-0.1, -0.05) is 0 Å². The van der Waals surface area contributed by atoms with E-state index in [2.05, 4.69) is 4.72 Å². The van der Waals surface area contributed by atoms with Crippen LogP contribution in [0.25, 0.3) is 0 Å². The number of hydrogen-bond donors (Lipinski definition) is 2. The van der Waals surface area contributed by atoms with Gasteiger partial charge in [-0.15, -0.1) is 0 Å². The third kappa shape index (κ3) is 3.09. The highest BCUT2D eigenvalue weighted by Crippen LogP contribution is 2.22. The van der Waals surface area contributed by atoms with E-state index in [9.17, 15) is 17.2 Å². The third-order valence-electron chi connectivity index (χ3n) is 2.59. The molecule has 0 unspecified atom stereocenters. The van der Waals surface area contributed by atoms with Crippen LogP contribution >= 0.6 is 0 Å². The predicted molar refractivity (Wildman–Crippen MR) is 72.7 cm³/mol. The smallest absolute Gasteiger partial charge is 0.263 e. The van der Waals surface area contributed by atoms with Gasteiger partial charge >= 0.3 is 0 Å². The predicted octanol–water partition coefficient (Wildman–Crippen LogP) is 2.22. The molecule has 2 rings (SSSR count). The van der Waals surface area contributed by atoms with Crippen LogP contribution in [0.15, 0.2) is 41.3 Å². The summed E-state index contributed by atoms with van der Waals surface area (Å²) in [5.41, 5.74) is 5.41. The first kappa shape index (κ1) is 14.7. The summed E-state index contributed by atoms with van der Waals surface area (Å²) in [5.74, 6) is -2.28. The van der Waals surface area contributed by atoms with Gasteiger partial charge in [-0.3, -0.25) is 4.72 Å². The van der Waals surface area contributed by atoms with Crippen LogP contribution in [0.2, 0.25) is 0 Å². The van der Waals surface area contributed by atoms with Crippen molar-refractivity contribution in [1.82, 2.24) is 0 Å². The second-order valence-electron chi connectivity index (χ2n) is 4.10. The molecule has 108 valence electrons. The number of nitriles is 1. The van der Waals surface area contributed by atoms with Crippen LogP contribution in [0.4, 0.5) is 20.2 Å². The van der Waals surface area contributed by atoms with Gasteiger partial charge in [0.05, 0.1) is 11.3 Å². The molecule has 0 saturated carbocycles. The number of rotatable bonds is 3. The zero-order valence-electron chi connectivity index (χ0n) is 10.5. The van der Waals surface area contributed by atoms with Crippen molar-refractivity contribution in [3.05, 3.63) is 53.6 Å². The van der Waals surface area contributed by atoms with Gasteiger partial charge in [0, 0.05) is 11.8 Å². The molecule has 0 spiro atoms. The van der Waals surface area contributed by atoms with Crippen molar-refractivity contribution in [2.75, 3.05) is 10.5 Å². The minimum atomic E-state index is -4.12. The largest absolute Gasteiger partial charge is 0.399 e. The Morgan fingerprint density at radius 2 is 1.81 bits per heavy atom. The molecule has 8 heteroatoms. The average Bonchev–Trinajstić information content (AvgIpc) is 2.42. The van der Waals surface area contributed by atoms with Crippen molar-refractivity contribution < 1.29 is 17.2 Å². The Hall–Kier alpha value is -2.66. The summed E-state index contributed by atoms with van der Waals surface area (Å²) in [5, 5.41) is 8.95. The van der Waals surface area contributed by atoms with E-state index in [0.717, 1.165) is 18.2 Å². The Bertz CT molecular complexity index is 845. The SMILES string of the molecule is N#Cc1cc(N)ccc1S(=O)(=O)Nc1ccc(F)c(F)c1. The van der Waals surface area contributed by atoms with E-state index in [4.69, 9.17) is 11.0 Å². The van der Waals surface area contributed by atoms with E-state index < -0.39 is 21.7 Å². The van der Waals surface area contributed by atoms with Crippen LogP contribution in [0.1, 0.15) is 5.56 Å². The van der Waals surface area contributed by atoms with Gasteiger partial charge in [0.2, 0.25) is 0 Å². The van der Waals surface area contributed by atoms with E-state index in [-0.39, 0.29) is 21.8 Å². The second kappa shape index (κ2) is 5.38. The lowest BCUT2D eigenvalue weighted by Crippen LogP contribution is -2.15. The number of nitrogens with one attached hydrogen (secondary N) is 1. The van der Waals surface area contributed by atoms with Crippen molar-refractivity contribution >= 4 is 21.4 Å². The maximum absolute atomic E-state index is 13.1. The van der Waals surface area contributed by atoms with Gasteiger partial charge in [0.25, 0.3) is 10.0 Å². The van der Waals surface area contributed by atoms with Gasteiger partial charge in [-0.2, -0.15) is 5.26 Å². The van der Waals surface area contributed by atoms with E-state index in [1.54, 1.807) is 6.07 Å². The lowest BCUT2D eigenvalue weighted by molar-refractivity contribution is 0.509. The fourth-order valence-electron chi connectivity index (χ4n) is 1.64. The fraction of sp³-hybridized carbons (Fsp3) is 0. The zero-order valence-corrected chi connectivity index (χ0v) is 11.3. The highest BCUT2D eigenvalue weighted by molar-refractivity contribution is 7.92. The molecule has 0 amide bonds. The molecule has 0 aliphatic heterocycles. The summed E-state index contributed by atoms with van der Waals surface area (Å²) in [6.45, 7) is 0. The van der Waals surface area contributed by atoms with E-state index in [0.29, 0.717) is 6.07 Å². The molecular weight excluding hydrogens is 300 g/mol. The maximum Gasteiger partial charge on any atom is 0.263 e. The van der Waals surface area contributed by atoms with Gasteiger partial charge < -0.3 is 5.73 Å². The molecule has 3 N–H and O–H groups in total. The fourth-order valence-corrected chi connectivity index (χ4v) is 2.83. The van der Waals surface area contributed by atoms with E-state index in [1.165, 1.54) is 12.1 Å². The van der Waals surface area contributed by atoms with Crippen LogP contribution in [0, 0.1) is 23.0 Å². The summed E-state index contributed by atoms with van der Waals surface area (Å²) >= 11 is 0. The Kier molecular flexibility index (Phi) is 3.78. The van der Waals surface area contributed by atoms with Crippen LogP contribution < -0.4 is 10.5 Å². The number of sulfonamides is 1. The Labute approximate surface area is 119 Å². The first-order chi connectivity index (χ1) is 9.83. The molecule has 0 fully saturated rings. The highest BCUT2D eigenvalue weighted by atomic mass is 32.2. The average molecular weight is 309 g/mol. The van der Waals surface area contributed by atoms with Crippen LogP contribution in [0.5, 0.6) is 0 Å². The monoisotopic (exact) mass is 309 g/mol. The minimum Gasteiger partial charge on any atom is -0.399 e. The number of benzene rings is 2. The molecule has 0 aromatic heterocycles. The molecule has 2 aromatic rings. The number of nitrogens with two attached hydrogens (primary N) is 1. The third-order valence-corrected chi connectivity index (χ3v) is 4.02. The molecule has 0 atom stereocenters. The van der Waals surface area contributed by atoms with Crippen LogP contribution in [0.3, 0.4) is 0 Å². The molecule has 0 bridgehead atoms. The summed E-state index contributed by atoms with van der Waals surface area (Å²) in [6.07, 6.45) is 0. The number of anilines is 2. The van der Waals surface area contributed by atoms with Crippen molar-refractivity contribution in [3.8, 4) is 6.07 Å². The Morgan fingerprint density at radius 1 is 1.10 bits per heavy atom. The standard InChI is InChI=1S/C13H9F2N3O2S/c14-11-3-2-10(6-12(11)15)18-21(19,20)13-4-1-9(17)5-8(13)7-16/h1-6,18H,17H2. The molecule has 0 heterocycles. The molecule has 2 aromatic carbocycles. The lowest BCUT2D eigenvalue weighted by atomic mass is 10.2. The Balaban J connectivity index is 2.43. The number of nitrogen functional groups attached to an aromatic ring is 1. The molecule has 0 aliphatic rings. The van der Waals surface area contributed by atoms with Crippen LogP contribution in [-0.2, 0) is 10.0 Å². The summed E-state index contributed by atoms with van der Waals surface area (Å²) < 4.78 is 52.3. The zero-order chi connectivity index (χ0) is 15.6. The normalized spacial score (nSPS) is 10.9. The topological polar surface area (TPSA) is 96.0 Å². The van der Waals surface area contributed by atoms with E-state index in [1.807, 2.05) is 0 Å².